The van der Waals surface area contributed by atoms with Crippen LogP contribution in [0.1, 0.15) is 5.56 Å². The molecule has 1 aromatic carbocycles. The molecule has 18 heavy (non-hydrogen) atoms. The molecule has 94 valence electrons. The molecule has 1 aromatic rings. The molecule has 0 bridgehead atoms. The standard InChI is InChI=1S/C11H7F3N2O2/c12-11(13,14)7-2-1-3-9(4-7)18-10(17)16-6-8(16)5-15/h1-4,8H,6H2. The van der Waals surface area contributed by atoms with Gasteiger partial charge in [0.2, 0.25) is 0 Å². The number of hydrogen-bond acceptors (Lipinski definition) is 3. The van der Waals surface area contributed by atoms with E-state index >= 15 is 0 Å². The van der Waals surface area contributed by atoms with E-state index in [1.165, 1.54) is 6.07 Å². The van der Waals surface area contributed by atoms with Crippen LogP contribution in [0, 0.1) is 11.3 Å². The molecule has 1 fully saturated rings. The van der Waals surface area contributed by atoms with Crippen LogP contribution >= 0.6 is 0 Å². The van der Waals surface area contributed by atoms with Gasteiger partial charge in [-0.2, -0.15) is 18.4 Å². The average Bonchev–Trinajstić information content (AvgIpc) is 3.07. The van der Waals surface area contributed by atoms with Crippen LogP contribution in [-0.2, 0) is 6.18 Å². The van der Waals surface area contributed by atoms with Gasteiger partial charge in [0.15, 0.2) is 0 Å². The first kappa shape index (κ1) is 12.2. The number of ether oxygens (including phenoxy) is 1. The highest BCUT2D eigenvalue weighted by Crippen LogP contribution is 2.31. The van der Waals surface area contributed by atoms with Crippen molar-refractivity contribution in [2.75, 3.05) is 6.54 Å². The second-order valence-electron chi connectivity index (χ2n) is 3.69. The zero-order valence-corrected chi connectivity index (χ0v) is 8.94. The van der Waals surface area contributed by atoms with Crippen LogP contribution in [-0.4, -0.2) is 23.6 Å². The van der Waals surface area contributed by atoms with E-state index < -0.39 is 23.9 Å². The number of carbonyl (C=O) groups excluding carboxylic acids is 1. The first-order chi connectivity index (χ1) is 8.41. The zero-order valence-electron chi connectivity index (χ0n) is 8.94. The molecule has 1 atom stereocenters. The Kier molecular flexibility index (Phi) is 2.87. The van der Waals surface area contributed by atoms with Crippen molar-refractivity contribution in [3.8, 4) is 11.8 Å². The minimum Gasteiger partial charge on any atom is -0.410 e. The maximum Gasteiger partial charge on any atom is 0.416 e. The van der Waals surface area contributed by atoms with Gasteiger partial charge in [0.25, 0.3) is 0 Å². The number of hydrogen-bond donors (Lipinski definition) is 0. The van der Waals surface area contributed by atoms with Crippen molar-refractivity contribution in [2.45, 2.75) is 12.2 Å². The summed E-state index contributed by atoms with van der Waals surface area (Å²) < 4.78 is 41.9. The lowest BCUT2D eigenvalue weighted by Crippen LogP contribution is -2.18. The minimum atomic E-state index is -4.49. The van der Waals surface area contributed by atoms with E-state index in [0.29, 0.717) is 0 Å². The van der Waals surface area contributed by atoms with Crippen LogP contribution in [0.15, 0.2) is 24.3 Å². The maximum atomic E-state index is 12.4. The molecule has 1 aliphatic rings. The molecule has 0 saturated carbocycles. The fraction of sp³-hybridized carbons (Fsp3) is 0.273. The van der Waals surface area contributed by atoms with Crippen molar-refractivity contribution in [3.05, 3.63) is 29.8 Å². The van der Waals surface area contributed by atoms with Gasteiger partial charge in [0.1, 0.15) is 11.8 Å². The lowest BCUT2D eigenvalue weighted by atomic mass is 10.2. The molecule has 1 amide bonds. The van der Waals surface area contributed by atoms with E-state index in [-0.39, 0.29) is 12.3 Å². The summed E-state index contributed by atoms with van der Waals surface area (Å²) in [5.41, 5.74) is -0.893. The summed E-state index contributed by atoms with van der Waals surface area (Å²) in [6, 6.07) is 5.31. The van der Waals surface area contributed by atoms with Crippen LogP contribution < -0.4 is 4.74 Å². The largest absolute Gasteiger partial charge is 0.416 e. The summed E-state index contributed by atoms with van der Waals surface area (Å²) in [5.74, 6) is -0.196. The predicted octanol–water partition coefficient (Wildman–Crippen LogP) is 2.41. The molecule has 1 aliphatic heterocycles. The fourth-order valence-corrected chi connectivity index (χ4v) is 1.35. The van der Waals surface area contributed by atoms with Crippen molar-refractivity contribution < 1.29 is 22.7 Å². The third-order valence-electron chi connectivity index (χ3n) is 2.36. The molecular formula is C11H7F3N2O2. The topological polar surface area (TPSA) is 53.1 Å². The van der Waals surface area contributed by atoms with E-state index in [1.807, 2.05) is 6.07 Å². The summed E-state index contributed by atoms with van der Waals surface area (Å²) in [7, 11) is 0. The van der Waals surface area contributed by atoms with Gasteiger partial charge < -0.3 is 4.74 Å². The quantitative estimate of drug-likeness (QED) is 0.725. The van der Waals surface area contributed by atoms with Gasteiger partial charge in [0.05, 0.1) is 18.2 Å². The van der Waals surface area contributed by atoms with E-state index in [4.69, 9.17) is 10.00 Å². The predicted molar refractivity (Wildman–Crippen MR) is 53.6 cm³/mol. The normalized spacial score (nSPS) is 18.1. The highest BCUT2D eigenvalue weighted by atomic mass is 19.4. The van der Waals surface area contributed by atoms with Crippen LogP contribution in [0.5, 0.6) is 5.75 Å². The number of amides is 1. The third-order valence-corrected chi connectivity index (χ3v) is 2.36. The Balaban J connectivity index is 2.07. The summed E-state index contributed by atoms with van der Waals surface area (Å²) in [6.45, 7) is 0.244. The van der Waals surface area contributed by atoms with Crippen molar-refractivity contribution in [2.24, 2.45) is 0 Å². The van der Waals surface area contributed by atoms with Crippen LogP contribution in [0.3, 0.4) is 0 Å². The summed E-state index contributed by atoms with van der Waals surface area (Å²) >= 11 is 0. The van der Waals surface area contributed by atoms with Crippen LogP contribution in [0.25, 0.3) is 0 Å². The van der Waals surface area contributed by atoms with Crippen LogP contribution in [0.4, 0.5) is 18.0 Å². The zero-order chi connectivity index (χ0) is 13.3. The highest BCUT2D eigenvalue weighted by Gasteiger charge is 2.40. The Morgan fingerprint density at radius 1 is 1.50 bits per heavy atom. The van der Waals surface area contributed by atoms with Gasteiger partial charge in [-0.1, -0.05) is 6.07 Å². The smallest absolute Gasteiger partial charge is 0.410 e. The molecule has 0 N–H and O–H groups in total. The lowest BCUT2D eigenvalue weighted by Gasteiger charge is -2.09. The fourth-order valence-electron chi connectivity index (χ4n) is 1.35. The van der Waals surface area contributed by atoms with Crippen molar-refractivity contribution >= 4 is 6.09 Å². The number of rotatable bonds is 1. The first-order valence-corrected chi connectivity index (χ1v) is 4.97. The molecule has 1 saturated heterocycles. The Labute approximate surface area is 100 Å². The molecular weight excluding hydrogens is 249 g/mol. The Bertz CT molecular complexity index is 522. The van der Waals surface area contributed by atoms with Gasteiger partial charge in [0, 0.05) is 0 Å². The van der Waals surface area contributed by atoms with Crippen LogP contribution in [0.2, 0.25) is 0 Å². The molecule has 7 heteroatoms. The molecule has 0 aliphatic carbocycles. The SMILES string of the molecule is N#CC1CN1C(=O)Oc1cccc(C(F)(F)F)c1. The summed E-state index contributed by atoms with van der Waals surface area (Å²) in [5, 5.41) is 8.49. The molecule has 4 nitrogen and oxygen atoms in total. The molecule has 1 heterocycles. The van der Waals surface area contributed by atoms with Crippen molar-refractivity contribution in [1.82, 2.24) is 4.90 Å². The molecule has 0 spiro atoms. The van der Waals surface area contributed by atoms with Gasteiger partial charge in [-0.05, 0) is 18.2 Å². The summed E-state index contributed by atoms with van der Waals surface area (Å²) in [4.78, 5) is 12.5. The van der Waals surface area contributed by atoms with Gasteiger partial charge in [-0.25, -0.2) is 4.79 Å². The monoisotopic (exact) mass is 256 g/mol. The Morgan fingerprint density at radius 3 is 2.78 bits per heavy atom. The number of alkyl halides is 3. The van der Waals surface area contributed by atoms with E-state index in [0.717, 1.165) is 23.1 Å². The summed E-state index contributed by atoms with van der Waals surface area (Å²) in [6.07, 6.45) is -5.31. The first-order valence-electron chi connectivity index (χ1n) is 4.97. The number of nitriles is 1. The number of carbonyl (C=O) groups is 1. The number of benzene rings is 1. The number of halogens is 3. The second-order valence-corrected chi connectivity index (χ2v) is 3.69. The Morgan fingerprint density at radius 2 is 2.22 bits per heavy atom. The van der Waals surface area contributed by atoms with Gasteiger partial charge >= 0.3 is 12.3 Å². The maximum absolute atomic E-state index is 12.4. The third kappa shape index (κ3) is 2.53. The minimum absolute atomic E-state index is 0.196. The second kappa shape index (κ2) is 4.22. The van der Waals surface area contributed by atoms with E-state index in [1.54, 1.807) is 0 Å². The number of nitrogens with zero attached hydrogens (tertiary/aromatic N) is 2. The van der Waals surface area contributed by atoms with Crippen molar-refractivity contribution in [3.63, 3.8) is 0 Å². The molecule has 1 unspecified atom stereocenters. The van der Waals surface area contributed by atoms with E-state index in [9.17, 15) is 18.0 Å². The molecule has 2 rings (SSSR count). The highest BCUT2D eigenvalue weighted by molar-refractivity contribution is 5.74. The van der Waals surface area contributed by atoms with Gasteiger partial charge in [-0.15, -0.1) is 0 Å². The molecule has 0 radical (unpaired) electrons. The lowest BCUT2D eigenvalue weighted by molar-refractivity contribution is -0.137. The van der Waals surface area contributed by atoms with E-state index in [2.05, 4.69) is 0 Å². The van der Waals surface area contributed by atoms with Gasteiger partial charge in [-0.3, -0.25) is 4.90 Å². The Hall–Kier alpha value is -2.23. The average molecular weight is 256 g/mol. The molecule has 0 aromatic heterocycles. The van der Waals surface area contributed by atoms with Crippen molar-refractivity contribution in [1.29, 1.82) is 5.26 Å².